The van der Waals surface area contributed by atoms with E-state index in [1.54, 1.807) is 6.92 Å². The van der Waals surface area contributed by atoms with Crippen molar-refractivity contribution in [2.24, 2.45) is 34.5 Å². The van der Waals surface area contributed by atoms with Crippen molar-refractivity contribution in [2.45, 2.75) is 91.8 Å². The first-order chi connectivity index (χ1) is 14.1. The fourth-order valence-corrected chi connectivity index (χ4v) is 8.02. The van der Waals surface area contributed by atoms with Gasteiger partial charge in [-0.05, 0) is 62.2 Å². The lowest BCUT2D eigenvalue weighted by molar-refractivity contribution is -0.172. The molecule has 0 aromatic heterocycles. The van der Waals surface area contributed by atoms with Gasteiger partial charge in [-0.15, -0.1) is 0 Å². The van der Waals surface area contributed by atoms with E-state index in [0.29, 0.717) is 30.0 Å². The van der Waals surface area contributed by atoms with E-state index >= 15 is 0 Å². The molecule has 0 amide bonds. The molecule has 0 radical (unpaired) electrons. The van der Waals surface area contributed by atoms with Crippen LogP contribution in [0.1, 0.15) is 79.6 Å². The van der Waals surface area contributed by atoms with Crippen LogP contribution in [-0.2, 0) is 23.9 Å². The molecule has 0 aliphatic heterocycles. The zero-order valence-corrected chi connectivity index (χ0v) is 19.0. The Morgan fingerprint density at radius 3 is 2.30 bits per heavy atom. The normalized spacial score (nSPS) is 44.8. The number of rotatable bonds is 3. The van der Waals surface area contributed by atoms with Crippen LogP contribution in [0.5, 0.6) is 0 Å². The van der Waals surface area contributed by atoms with Crippen molar-refractivity contribution in [1.29, 1.82) is 0 Å². The second kappa shape index (κ2) is 7.49. The Bertz CT molecular complexity index is 784. The van der Waals surface area contributed by atoms with E-state index in [1.807, 2.05) is 0 Å². The molecule has 8 atom stereocenters. The van der Waals surface area contributed by atoms with E-state index in [9.17, 15) is 14.4 Å². The number of Topliss-reactive ketones (excluding diaryl/α,β-unsaturated/α-hetero) is 1. The molecule has 30 heavy (non-hydrogen) atoms. The van der Waals surface area contributed by atoms with E-state index in [0.717, 1.165) is 38.5 Å². The highest BCUT2D eigenvalue weighted by atomic mass is 16.6. The number of ketones is 1. The van der Waals surface area contributed by atoms with Gasteiger partial charge in [0.25, 0.3) is 0 Å². The van der Waals surface area contributed by atoms with Crippen LogP contribution >= 0.6 is 0 Å². The predicted molar refractivity (Wildman–Crippen MR) is 112 cm³/mol. The molecule has 3 saturated carbocycles. The van der Waals surface area contributed by atoms with Crippen LogP contribution in [0.4, 0.5) is 0 Å². The number of carbonyl (C=O) groups is 3. The maximum Gasteiger partial charge on any atom is 0.302 e. The van der Waals surface area contributed by atoms with Crippen LogP contribution in [0.2, 0.25) is 0 Å². The Labute approximate surface area is 179 Å². The molecule has 0 bridgehead atoms. The molecule has 5 heteroatoms. The van der Waals surface area contributed by atoms with Crippen molar-refractivity contribution >= 4 is 17.7 Å². The van der Waals surface area contributed by atoms with E-state index in [-0.39, 0.29) is 40.9 Å². The van der Waals surface area contributed by atoms with Crippen molar-refractivity contribution < 1.29 is 23.9 Å². The Morgan fingerprint density at radius 1 is 0.967 bits per heavy atom. The minimum atomic E-state index is -0.283. The summed E-state index contributed by atoms with van der Waals surface area (Å²) in [5, 5.41) is 0. The molecule has 3 fully saturated rings. The van der Waals surface area contributed by atoms with Gasteiger partial charge in [0.1, 0.15) is 18.0 Å². The Balaban J connectivity index is 1.68. The molecule has 4 aliphatic carbocycles. The zero-order chi connectivity index (χ0) is 21.8. The number of carbonyl (C=O) groups excluding carboxylic acids is 3. The van der Waals surface area contributed by atoms with Gasteiger partial charge in [-0.25, -0.2) is 0 Å². The fraction of sp³-hybridized carbons (Fsp3) is 0.800. The van der Waals surface area contributed by atoms with Crippen LogP contribution in [0.15, 0.2) is 11.6 Å². The number of ether oxygens (including phenoxy) is 2. The lowest BCUT2D eigenvalue weighted by Crippen LogP contribution is -2.57. The second-order valence-electron chi connectivity index (χ2n) is 10.7. The Kier molecular flexibility index (Phi) is 5.39. The first-order valence-corrected chi connectivity index (χ1v) is 11.6. The smallest absolute Gasteiger partial charge is 0.302 e. The second-order valence-corrected chi connectivity index (χ2v) is 10.7. The van der Waals surface area contributed by atoms with Gasteiger partial charge in [0.15, 0.2) is 0 Å². The van der Waals surface area contributed by atoms with Crippen LogP contribution in [0, 0.1) is 34.5 Å². The van der Waals surface area contributed by atoms with Crippen molar-refractivity contribution in [3.05, 3.63) is 11.6 Å². The number of fused-ring (bicyclic) bond motifs is 5. The third kappa shape index (κ3) is 3.23. The minimum absolute atomic E-state index is 0.0978. The van der Waals surface area contributed by atoms with Gasteiger partial charge in [0.2, 0.25) is 0 Å². The maximum absolute atomic E-state index is 12.3. The monoisotopic (exact) mass is 416 g/mol. The highest BCUT2D eigenvalue weighted by molar-refractivity contribution is 5.79. The fourth-order valence-electron chi connectivity index (χ4n) is 8.02. The highest BCUT2D eigenvalue weighted by Crippen LogP contribution is 2.66. The summed E-state index contributed by atoms with van der Waals surface area (Å²) in [6.07, 6.45) is 8.40. The van der Waals surface area contributed by atoms with Gasteiger partial charge in [-0.3, -0.25) is 14.4 Å². The SMILES string of the molecule is CC(=O)O[C@@H]1CC2=CC[C@@H]3[C@H]4CC[C@@H](C(C)=O)[C@@]4(C)CC[C@H]3[C@@]2(C)[C@@H](OC(C)=O)C1. The van der Waals surface area contributed by atoms with Crippen molar-refractivity contribution in [3.63, 3.8) is 0 Å². The number of allylic oxidation sites excluding steroid dienone is 1. The van der Waals surface area contributed by atoms with Crippen molar-refractivity contribution in [2.75, 3.05) is 0 Å². The van der Waals surface area contributed by atoms with Crippen LogP contribution in [0.25, 0.3) is 0 Å². The van der Waals surface area contributed by atoms with Gasteiger partial charge in [-0.2, -0.15) is 0 Å². The maximum atomic E-state index is 12.3. The summed E-state index contributed by atoms with van der Waals surface area (Å²) in [4.78, 5) is 35.9. The first kappa shape index (κ1) is 21.6. The third-order valence-electron chi connectivity index (χ3n) is 9.26. The lowest BCUT2D eigenvalue weighted by atomic mass is 9.46. The molecule has 0 saturated heterocycles. The summed E-state index contributed by atoms with van der Waals surface area (Å²) < 4.78 is 11.4. The summed E-state index contributed by atoms with van der Waals surface area (Å²) in [5.74, 6) is 1.47. The molecule has 0 aromatic rings. The molecule has 0 aromatic carbocycles. The summed E-state index contributed by atoms with van der Waals surface area (Å²) in [6, 6.07) is 0. The molecule has 5 nitrogen and oxygen atoms in total. The van der Waals surface area contributed by atoms with E-state index < -0.39 is 0 Å². The van der Waals surface area contributed by atoms with Gasteiger partial charge >= 0.3 is 11.9 Å². The van der Waals surface area contributed by atoms with E-state index in [1.165, 1.54) is 19.4 Å². The molecular weight excluding hydrogens is 380 g/mol. The van der Waals surface area contributed by atoms with Crippen molar-refractivity contribution in [1.82, 2.24) is 0 Å². The zero-order valence-electron chi connectivity index (χ0n) is 19.0. The lowest BCUT2D eigenvalue weighted by Gasteiger charge is -2.59. The molecule has 0 unspecified atom stereocenters. The third-order valence-corrected chi connectivity index (χ3v) is 9.26. The first-order valence-electron chi connectivity index (χ1n) is 11.6. The average molecular weight is 417 g/mol. The molecular formula is C25H36O5. The minimum Gasteiger partial charge on any atom is -0.462 e. The Hall–Kier alpha value is -1.65. The molecule has 4 aliphatic rings. The predicted octanol–water partition coefficient (Wildman–Crippen LogP) is 4.63. The van der Waals surface area contributed by atoms with Gasteiger partial charge in [0, 0.05) is 38.0 Å². The quantitative estimate of drug-likeness (QED) is 0.496. The van der Waals surface area contributed by atoms with E-state index in [4.69, 9.17) is 9.47 Å². The summed E-state index contributed by atoms with van der Waals surface area (Å²) in [5.41, 5.74) is 1.17. The number of esters is 2. The van der Waals surface area contributed by atoms with Gasteiger partial charge in [0.05, 0.1) is 0 Å². The standard InChI is InChI=1S/C25H36O5/c1-14(26)20-8-9-21-19-7-6-17-12-18(29-15(2)27)13-23(30-16(3)28)25(17,5)22(19)10-11-24(20,21)4/h6,18-23H,7-13H2,1-5H3/t18-,19-,20+,21-,22-,23+,24-,25+/m1/s1. The van der Waals surface area contributed by atoms with Crippen molar-refractivity contribution in [3.8, 4) is 0 Å². The number of hydrogen-bond acceptors (Lipinski definition) is 5. The Morgan fingerprint density at radius 2 is 1.67 bits per heavy atom. The van der Waals surface area contributed by atoms with Crippen LogP contribution < -0.4 is 0 Å². The topological polar surface area (TPSA) is 69.7 Å². The van der Waals surface area contributed by atoms with Crippen LogP contribution in [0.3, 0.4) is 0 Å². The van der Waals surface area contributed by atoms with Gasteiger partial charge in [-0.1, -0.05) is 25.5 Å². The van der Waals surface area contributed by atoms with Gasteiger partial charge < -0.3 is 9.47 Å². The molecule has 4 rings (SSSR count). The van der Waals surface area contributed by atoms with E-state index in [2.05, 4.69) is 19.9 Å². The molecule has 0 heterocycles. The largest absolute Gasteiger partial charge is 0.462 e. The molecule has 166 valence electrons. The summed E-state index contributed by atoms with van der Waals surface area (Å²) in [6.45, 7) is 9.28. The summed E-state index contributed by atoms with van der Waals surface area (Å²) in [7, 11) is 0. The summed E-state index contributed by atoms with van der Waals surface area (Å²) >= 11 is 0. The molecule has 0 N–H and O–H groups in total. The number of hydrogen-bond donors (Lipinski definition) is 0. The average Bonchev–Trinajstić information content (AvgIpc) is 2.99. The van der Waals surface area contributed by atoms with Crippen LogP contribution in [-0.4, -0.2) is 29.9 Å². The molecule has 0 spiro atoms. The highest BCUT2D eigenvalue weighted by Gasteiger charge is 2.62.